The number of aromatic nitrogens is 2. The molecule has 0 atom stereocenters. The van der Waals surface area contributed by atoms with E-state index in [9.17, 15) is 9.90 Å². The second-order valence-electron chi connectivity index (χ2n) is 4.12. The minimum atomic E-state index is -0.362. The summed E-state index contributed by atoms with van der Waals surface area (Å²) >= 11 is 0. The molecule has 0 saturated carbocycles. The lowest BCUT2D eigenvalue weighted by atomic mass is 10.2. The number of aromatic hydroxyl groups is 1. The van der Waals surface area contributed by atoms with Gasteiger partial charge in [-0.1, -0.05) is 0 Å². The van der Waals surface area contributed by atoms with Gasteiger partial charge in [-0.15, -0.1) is 0 Å². The predicted molar refractivity (Wildman–Crippen MR) is 66.8 cm³/mol. The van der Waals surface area contributed by atoms with Crippen LogP contribution in [0.2, 0.25) is 0 Å². The molecule has 0 radical (unpaired) electrons. The van der Waals surface area contributed by atoms with Gasteiger partial charge < -0.3 is 20.7 Å². The topological polar surface area (TPSA) is 90.0 Å². The van der Waals surface area contributed by atoms with Crippen molar-refractivity contribution in [1.82, 2.24) is 15.3 Å². The highest BCUT2D eigenvalue weighted by Crippen LogP contribution is 2.23. The molecule has 0 spiro atoms. The molecule has 92 valence electrons. The number of nitrogens with one attached hydrogen (secondary N) is 3. The Morgan fingerprint density at radius 1 is 1.22 bits per heavy atom. The van der Waals surface area contributed by atoms with Gasteiger partial charge >= 0.3 is 5.69 Å². The van der Waals surface area contributed by atoms with Gasteiger partial charge in [0.15, 0.2) is 0 Å². The molecule has 0 saturated heterocycles. The first-order chi connectivity index (χ1) is 8.72. The van der Waals surface area contributed by atoms with Crippen LogP contribution < -0.4 is 16.3 Å². The van der Waals surface area contributed by atoms with Gasteiger partial charge in [0.25, 0.3) is 0 Å². The first kappa shape index (κ1) is 10.8. The fraction of sp³-hybridized carbons (Fsp3) is 0.167. The second kappa shape index (κ2) is 4.15. The summed E-state index contributed by atoms with van der Waals surface area (Å²) in [7, 11) is 0. The number of aromatic amines is 1. The number of hydrogen-bond acceptors (Lipinski definition) is 5. The highest BCUT2D eigenvalue weighted by molar-refractivity contribution is 5.61. The third-order valence-electron chi connectivity index (χ3n) is 2.85. The lowest BCUT2D eigenvalue weighted by Gasteiger charge is -2.09. The van der Waals surface area contributed by atoms with Crippen LogP contribution in [0.4, 0.5) is 11.5 Å². The van der Waals surface area contributed by atoms with Crippen molar-refractivity contribution in [3.8, 4) is 5.75 Å². The van der Waals surface area contributed by atoms with Crippen molar-refractivity contribution in [2.75, 3.05) is 5.32 Å². The van der Waals surface area contributed by atoms with Crippen LogP contribution in [0, 0.1) is 0 Å². The van der Waals surface area contributed by atoms with E-state index in [1.807, 2.05) is 0 Å². The number of fused-ring (bicyclic) bond motifs is 1. The van der Waals surface area contributed by atoms with Gasteiger partial charge in [-0.05, 0) is 24.3 Å². The summed E-state index contributed by atoms with van der Waals surface area (Å²) in [5.74, 6) is 0.760. The van der Waals surface area contributed by atoms with E-state index in [4.69, 9.17) is 0 Å². The number of benzene rings is 1. The van der Waals surface area contributed by atoms with Crippen molar-refractivity contribution in [2.24, 2.45) is 0 Å². The van der Waals surface area contributed by atoms with E-state index < -0.39 is 0 Å². The monoisotopic (exact) mass is 244 g/mol. The molecule has 1 aromatic heterocycles. The third-order valence-corrected chi connectivity index (χ3v) is 2.85. The van der Waals surface area contributed by atoms with Crippen LogP contribution in [-0.4, -0.2) is 15.1 Å². The zero-order valence-corrected chi connectivity index (χ0v) is 9.53. The molecule has 0 fully saturated rings. The molecule has 3 rings (SSSR count). The minimum absolute atomic E-state index is 0.200. The van der Waals surface area contributed by atoms with Crippen LogP contribution in [0.3, 0.4) is 0 Å². The standard InChI is InChI=1S/C12H12N4O2/c17-8-3-1-7(2-4-8)14-11-9-5-13-6-10(9)15-12(18)16-11/h1-4,13,17H,5-6H2,(H2,14,15,16,18). The van der Waals surface area contributed by atoms with Crippen LogP contribution in [-0.2, 0) is 13.1 Å². The maximum Gasteiger partial charge on any atom is 0.347 e. The molecule has 1 aliphatic rings. The molecular formula is C12H12N4O2. The van der Waals surface area contributed by atoms with E-state index in [1.54, 1.807) is 24.3 Å². The molecule has 0 unspecified atom stereocenters. The summed E-state index contributed by atoms with van der Waals surface area (Å²) in [6, 6.07) is 6.61. The molecular weight excluding hydrogens is 232 g/mol. The van der Waals surface area contributed by atoms with Gasteiger partial charge in [0.05, 0.1) is 0 Å². The van der Waals surface area contributed by atoms with Crippen molar-refractivity contribution < 1.29 is 5.11 Å². The SMILES string of the molecule is O=c1nc(Nc2ccc(O)cc2)c2c([nH]1)CNC2. The Bertz CT molecular complexity index is 634. The van der Waals surface area contributed by atoms with Gasteiger partial charge in [0.1, 0.15) is 11.6 Å². The first-order valence-electron chi connectivity index (χ1n) is 5.61. The summed E-state index contributed by atoms with van der Waals surface area (Å²) < 4.78 is 0. The Labute approximate surface area is 103 Å². The van der Waals surface area contributed by atoms with Crippen molar-refractivity contribution in [2.45, 2.75) is 13.1 Å². The number of phenols is 1. The molecule has 0 bridgehead atoms. The minimum Gasteiger partial charge on any atom is -0.508 e. The highest BCUT2D eigenvalue weighted by atomic mass is 16.3. The normalized spacial score (nSPS) is 13.3. The van der Waals surface area contributed by atoms with Gasteiger partial charge in [0.2, 0.25) is 0 Å². The number of anilines is 2. The maximum absolute atomic E-state index is 11.4. The summed E-state index contributed by atoms with van der Waals surface area (Å²) in [6.45, 7) is 1.33. The molecule has 4 N–H and O–H groups in total. The largest absolute Gasteiger partial charge is 0.508 e. The molecule has 2 aromatic rings. The number of rotatable bonds is 2. The number of H-pyrrole nitrogens is 1. The van der Waals surface area contributed by atoms with Crippen LogP contribution in [0.5, 0.6) is 5.75 Å². The average molecular weight is 244 g/mol. The third kappa shape index (κ3) is 1.93. The van der Waals surface area contributed by atoms with E-state index in [0.29, 0.717) is 18.9 Å². The lowest BCUT2D eigenvalue weighted by Crippen LogP contribution is -2.15. The van der Waals surface area contributed by atoms with Crippen LogP contribution in [0.15, 0.2) is 29.1 Å². The van der Waals surface area contributed by atoms with Crippen molar-refractivity contribution >= 4 is 11.5 Å². The fourth-order valence-corrected chi connectivity index (χ4v) is 1.98. The highest BCUT2D eigenvalue weighted by Gasteiger charge is 2.17. The Kier molecular flexibility index (Phi) is 2.49. The molecule has 1 aromatic carbocycles. The van der Waals surface area contributed by atoms with E-state index in [2.05, 4.69) is 20.6 Å². The molecule has 1 aliphatic heterocycles. The quantitative estimate of drug-likeness (QED) is 0.587. The summed E-state index contributed by atoms with van der Waals surface area (Å²) in [5.41, 5.74) is 2.26. The number of nitrogens with zero attached hydrogens (tertiary/aromatic N) is 1. The second-order valence-corrected chi connectivity index (χ2v) is 4.12. The van der Waals surface area contributed by atoms with Crippen LogP contribution >= 0.6 is 0 Å². The molecule has 2 heterocycles. The lowest BCUT2D eigenvalue weighted by molar-refractivity contribution is 0.475. The first-order valence-corrected chi connectivity index (χ1v) is 5.61. The molecule has 0 amide bonds. The maximum atomic E-state index is 11.4. The summed E-state index contributed by atoms with van der Waals surface area (Å²) in [4.78, 5) is 18.1. The average Bonchev–Trinajstić information content (AvgIpc) is 2.80. The van der Waals surface area contributed by atoms with Crippen molar-refractivity contribution in [3.63, 3.8) is 0 Å². The van der Waals surface area contributed by atoms with Gasteiger partial charge in [0, 0.05) is 30.0 Å². The molecule has 6 heteroatoms. The summed E-state index contributed by atoms with van der Waals surface area (Å²) in [6.07, 6.45) is 0. The van der Waals surface area contributed by atoms with E-state index in [-0.39, 0.29) is 11.4 Å². The van der Waals surface area contributed by atoms with E-state index in [0.717, 1.165) is 16.9 Å². The van der Waals surface area contributed by atoms with Crippen molar-refractivity contribution in [3.05, 3.63) is 46.0 Å². The molecule has 0 aliphatic carbocycles. The van der Waals surface area contributed by atoms with Crippen LogP contribution in [0.25, 0.3) is 0 Å². The smallest absolute Gasteiger partial charge is 0.347 e. The zero-order valence-electron chi connectivity index (χ0n) is 9.53. The van der Waals surface area contributed by atoms with Crippen molar-refractivity contribution in [1.29, 1.82) is 0 Å². The predicted octanol–water partition coefficient (Wildman–Crippen LogP) is 0.822. The Morgan fingerprint density at radius 2 is 2.00 bits per heavy atom. The van der Waals surface area contributed by atoms with Gasteiger partial charge in [-0.2, -0.15) is 4.98 Å². The van der Waals surface area contributed by atoms with Gasteiger partial charge in [-0.3, -0.25) is 0 Å². The Balaban J connectivity index is 1.98. The van der Waals surface area contributed by atoms with E-state index >= 15 is 0 Å². The molecule has 6 nitrogen and oxygen atoms in total. The molecule has 18 heavy (non-hydrogen) atoms. The zero-order chi connectivity index (χ0) is 12.5. The number of hydrogen-bond donors (Lipinski definition) is 4. The number of phenolic OH excluding ortho intramolecular Hbond substituents is 1. The fourth-order valence-electron chi connectivity index (χ4n) is 1.98. The Hall–Kier alpha value is -2.34. The Morgan fingerprint density at radius 3 is 2.78 bits per heavy atom. The summed E-state index contributed by atoms with van der Waals surface area (Å²) in [5, 5.41) is 15.5. The van der Waals surface area contributed by atoms with Gasteiger partial charge in [-0.25, -0.2) is 4.79 Å². The van der Waals surface area contributed by atoms with Crippen LogP contribution in [0.1, 0.15) is 11.3 Å². The van der Waals surface area contributed by atoms with E-state index in [1.165, 1.54) is 0 Å².